The number of carbonyl (C=O) groups excluding carboxylic acids is 1. The quantitative estimate of drug-likeness (QED) is 0.344. The fraction of sp³-hybridized carbons (Fsp3) is 0.190. The number of hydrogen-bond acceptors (Lipinski definition) is 9. The molecule has 0 saturated carbocycles. The highest BCUT2D eigenvalue weighted by Crippen LogP contribution is 2.24. The number of nitrogens with zero attached hydrogens (tertiary/aromatic N) is 3. The number of aliphatic carboxylic acids is 1. The number of rotatable bonds is 9. The summed E-state index contributed by atoms with van der Waals surface area (Å²) in [5, 5.41) is 14.7. The second-order valence-corrected chi connectivity index (χ2v) is 9.94. The van der Waals surface area contributed by atoms with Gasteiger partial charge in [-0.15, -0.1) is 0 Å². The van der Waals surface area contributed by atoms with Crippen molar-refractivity contribution in [1.29, 1.82) is 0 Å². The topological polar surface area (TPSA) is 160 Å². The largest absolute Gasteiger partial charge is 0.481 e. The summed E-state index contributed by atoms with van der Waals surface area (Å²) in [5.74, 6) is -1.79. The van der Waals surface area contributed by atoms with Gasteiger partial charge in [0.05, 0.1) is 22.7 Å². The van der Waals surface area contributed by atoms with Gasteiger partial charge >= 0.3 is 5.97 Å². The third-order valence-corrected chi connectivity index (χ3v) is 5.99. The molecule has 0 unspecified atom stereocenters. The standard InChI is InChI=1S/C21H19Cl2N5O6S/c1-34-17-8-16(27-21(28-17)35(2,32)33)26-15(20(30)31)7-11-3-5-12(6-4-11)25-19(29)18-13(22)9-24-10-14(18)23/h3-6,8-10,15H,7H2,1-2H3,(H,25,29)(H,30,31)(H,26,27,28)/t15-/m0/s1. The van der Waals surface area contributed by atoms with E-state index < -0.39 is 32.9 Å². The van der Waals surface area contributed by atoms with Gasteiger partial charge in [0.1, 0.15) is 11.9 Å². The summed E-state index contributed by atoms with van der Waals surface area (Å²) in [6, 6.07) is 6.57. The van der Waals surface area contributed by atoms with Crippen LogP contribution in [-0.2, 0) is 21.1 Å². The molecule has 0 bridgehead atoms. The lowest BCUT2D eigenvalue weighted by Crippen LogP contribution is -2.32. The number of aromatic nitrogens is 3. The molecule has 0 radical (unpaired) electrons. The number of carbonyl (C=O) groups is 2. The van der Waals surface area contributed by atoms with Gasteiger partial charge < -0.3 is 20.5 Å². The Morgan fingerprint density at radius 1 is 1.11 bits per heavy atom. The number of sulfone groups is 1. The fourth-order valence-corrected chi connectivity index (χ4v) is 3.96. The van der Waals surface area contributed by atoms with Gasteiger partial charge in [-0.1, -0.05) is 35.3 Å². The molecule has 2 heterocycles. The molecule has 2 aromatic heterocycles. The minimum Gasteiger partial charge on any atom is -0.481 e. The molecule has 0 aliphatic carbocycles. The van der Waals surface area contributed by atoms with Crippen LogP contribution in [0.4, 0.5) is 11.5 Å². The highest BCUT2D eigenvalue weighted by molar-refractivity contribution is 7.90. The molecule has 1 atom stereocenters. The number of carboxylic acid groups (broad SMARTS) is 1. The number of methoxy groups -OCH3 is 1. The normalized spacial score (nSPS) is 12.0. The number of hydrogen-bond donors (Lipinski definition) is 3. The zero-order chi connectivity index (χ0) is 25.8. The molecule has 0 saturated heterocycles. The molecule has 1 aromatic carbocycles. The Hall–Kier alpha value is -3.48. The number of ether oxygens (including phenoxy) is 1. The van der Waals surface area contributed by atoms with E-state index in [-0.39, 0.29) is 33.7 Å². The Balaban J connectivity index is 1.75. The summed E-state index contributed by atoms with van der Waals surface area (Å²) < 4.78 is 28.6. The molecule has 0 fully saturated rings. The maximum absolute atomic E-state index is 12.5. The first-order chi connectivity index (χ1) is 16.5. The molecule has 35 heavy (non-hydrogen) atoms. The van der Waals surface area contributed by atoms with Crippen LogP contribution in [0.15, 0.2) is 47.9 Å². The van der Waals surface area contributed by atoms with Crippen molar-refractivity contribution in [3.63, 3.8) is 0 Å². The molecule has 0 spiro atoms. The smallest absolute Gasteiger partial charge is 0.326 e. The molecule has 3 N–H and O–H groups in total. The van der Waals surface area contributed by atoms with Gasteiger partial charge in [0.25, 0.3) is 11.1 Å². The van der Waals surface area contributed by atoms with Gasteiger partial charge in [-0.25, -0.2) is 18.2 Å². The second kappa shape index (κ2) is 10.8. The Kier molecular flexibility index (Phi) is 8.10. The molecule has 11 nitrogen and oxygen atoms in total. The van der Waals surface area contributed by atoms with Crippen molar-refractivity contribution < 1.29 is 27.9 Å². The Bertz CT molecular complexity index is 1350. The molecule has 184 valence electrons. The monoisotopic (exact) mass is 539 g/mol. The number of carboxylic acids is 1. The molecule has 3 rings (SSSR count). The zero-order valence-electron chi connectivity index (χ0n) is 18.3. The highest BCUT2D eigenvalue weighted by atomic mass is 35.5. The summed E-state index contributed by atoms with van der Waals surface area (Å²) in [4.78, 5) is 35.8. The van der Waals surface area contributed by atoms with Crippen molar-refractivity contribution in [1.82, 2.24) is 15.0 Å². The van der Waals surface area contributed by atoms with Crippen molar-refractivity contribution in [3.05, 3.63) is 63.9 Å². The molecular formula is C21H19Cl2N5O6S. The van der Waals surface area contributed by atoms with Crippen molar-refractivity contribution in [2.45, 2.75) is 17.6 Å². The average molecular weight is 540 g/mol. The van der Waals surface area contributed by atoms with E-state index in [1.165, 1.54) is 25.6 Å². The number of halogens is 2. The van der Waals surface area contributed by atoms with E-state index in [1.807, 2.05) is 0 Å². The maximum atomic E-state index is 12.5. The first-order valence-electron chi connectivity index (χ1n) is 9.79. The minimum absolute atomic E-state index is 0.0199. The lowest BCUT2D eigenvalue weighted by atomic mass is 10.1. The molecule has 3 aromatic rings. The van der Waals surface area contributed by atoms with E-state index in [0.717, 1.165) is 6.26 Å². The van der Waals surface area contributed by atoms with Crippen molar-refractivity contribution >= 4 is 56.4 Å². The van der Waals surface area contributed by atoms with Gasteiger partial charge in [-0.2, -0.15) is 4.98 Å². The van der Waals surface area contributed by atoms with Crippen LogP contribution in [0.25, 0.3) is 0 Å². The molecule has 1 amide bonds. The SMILES string of the molecule is COc1cc(N[C@@H](Cc2ccc(NC(=O)c3c(Cl)cncc3Cl)cc2)C(=O)O)nc(S(C)(=O)=O)n1. The van der Waals surface area contributed by atoms with E-state index >= 15 is 0 Å². The van der Waals surface area contributed by atoms with E-state index in [9.17, 15) is 23.1 Å². The summed E-state index contributed by atoms with van der Waals surface area (Å²) in [6.45, 7) is 0. The van der Waals surface area contributed by atoms with Crippen LogP contribution in [0.5, 0.6) is 5.88 Å². The first kappa shape index (κ1) is 26.1. The Morgan fingerprint density at radius 2 is 1.74 bits per heavy atom. The van der Waals surface area contributed by atoms with Gasteiger partial charge in [0.2, 0.25) is 15.7 Å². The number of amides is 1. The molecule has 0 aliphatic rings. The van der Waals surface area contributed by atoms with Crippen LogP contribution in [0.3, 0.4) is 0 Å². The molecule has 0 aliphatic heterocycles. The van der Waals surface area contributed by atoms with E-state index in [0.29, 0.717) is 11.3 Å². The summed E-state index contributed by atoms with van der Waals surface area (Å²) in [5.41, 5.74) is 1.13. The second-order valence-electron chi connectivity index (χ2n) is 7.22. The summed E-state index contributed by atoms with van der Waals surface area (Å²) in [7, 11) is -2.46. The van der Waals surface area contributed by atoms with Crippen LogP contribution in [-0.4, -0.2) is 59.8 Å². The van der Waals surface area contributed by atoms with Crippen molar-refractivity contribution in [3.8, 4) is 5.88 Å². The Morgan fingerprint density at radius 3 is 2.29 bits per heavy atom. The van der Waals surface area contributed by atoms with Crippen LogP contribution in [0.2, 0.25) is 10.0 Å². The third-order valence-electron chi connectivity index (χ3n) is 4.58. The lowest BCUT2D eigenvalue weighted by molar-refractivity contribution is -0.137. The van der Waals surface area contributed by atoms with Crippen LogP contribution >= 0.6 is 23.2 Å². The van der Waals surface area contributed by atoms with Crippen LogP contribution in [0.1, 0.15) is 15.9 Å². The number of nitrogens with one attached hydrogen (secondary N) is 2. The number of benzene rings is 1. The number of anilines is 2. The molecule has 14 heteroatoms. The zero-order valence-corrected chi connectivity index (χ0v) is 20.6. The van der Waals surface area contributed by atoms with Crippen LogP contribution in [0, 0.1) is 0 Å². The third kappa shape index (κ3) is 6.78. The predicted molar refractivity (Wildman–Crippen MR) is 129 cm³/mol. The van der Waals surface area contributed by atoms with E-state index in [1.54, 1.807) is 24.3 Å². The average Bonchev–Trinajstić information content (AvgIpc) is 2.79. The lowest BCUT2D eigenvalue weighted by Gasteiger charge is -2.16. The fourth-order valence-electron chi connectivity index (χ4n) is 2.91. The van der Waals surface area contributed by atoms with E-state index in [2.05, 4.69) is 25.6 Å². The van der Waals surface area contributed by atoms with Gasteiger partial charge in [0, 0.05) is 36.8 Å². The summed E-state index contributed by atoms with van der Waals surface area (Å²) in [6.07, 6.45) is 3.55. The van der Waals surface area contributed by atoms with Gasteiger partial charge in [-0.05, 0) is 17.7 Å². The van der Waals surface area contributed by atoms with Crippen molar-refractivity contribution in [2.75, 3.05) is 24.0 Å². The van der Waals surface area contributed by atoms with Crippen molar-refractivity contribution in [2.24, 2.45) is 0 Å². The first-order valence-corrected chi connectivity index (χ1v) is 12.4. The summed E-state index contributed by atoms with van der Waals surface area (Å²) >= 11 is 12.0. The number of pyridine rings is 1. The molecular weight excluding hydrogens is 521 g/mol. The predicted octanol–water partition coefficient (Wildman–Crippen LogP) is 2.95. The highest BCUT2D eigenvalue weighted by Gasteiger charge is 2.22. The Labute approximate surface area is 210 Å². The van der Waals surface area contributed by atoms with Gasteiger partial charge in [0.15, 0.2) is 0 Å². The van der Waals surface area contributed by atoms with Crippen LogP contribution < -0.4 is 15.4 Å². The van der Waals surface area contributed by atoms with E-state index in [4.69, 9.17) is 27.9 Å². The van der Waals surface area contributed by atoms with Gasteiger partial charge in [-0.3, -0.25) is 9.78 Å². The minimum atomic E-state index is -3.76. The maximum Gasteiger partial charge on any atom is 0.326 e.